The van der Waals surface area contributed by atoms with E-state index in [1.807, 2.05) is 13.0 Å². The lowest BCUT2D eigenvalue weighted by molar-refractivity contribution is 0.242. The lowest BCUT2D eigenvalue weighted by Gasteiger charge is -2.04. The summed E-state index contributed by atoms with van der Waals surface area (Å²) in [5, 5.41) is 9.14. The molecule has 3 unspecified atom stereocenters. The summed E-state index contributed by atoms with van der Waals surface area (Å²) in [5.41, 5.74) is 1.45. The molecular weight excluding hydrogens is 136 g/mol. The standard InChI is InChI=1S/C10H18O/c1-4-9(6-8(3)11)10-5-7(10)2/h6-8,10-11H,4-5H2,1-3H3/b9-6+. The summed E-state index contributed by atoms with van der Waals surface area (Å²) < 4.78 is 0. The minimum atomic E-state index is -0.266. The molecule has 1 rings (SSSR count). The number of allylic oxidation sites excluding steroid dienone is 1. The zero-order chi connectivity index (χ0) is 8.43. The molecule has 1 aliphatic rings. The molecule has 1 aliphatic carbocycles. The van der Waals surface area contributed by atoms with Crippen molar-refractivity contribution in [1.82, 2.24) is 0 Å². The Morgan fingerprint density at radius 3 is 2.55 bits per heavy atom. The minimum Gasteiger partial charge on any atom is -0.389 e. The first-order valence-electron chi connectivity index (χ1n) is 4.53. The smallest absolute Gasteiger partial charge is 0.0695 e. The molecule has 0 aromatic rings. The molecule has 3 atom stereocenters. The van der Waals surface area contributed by atoms with E-state index in [1.165, 1.54) is 12.0 Å². The molecule has 0 aromatic carbocycles. The number of aliphatic hydroxyl groups is 1. The monoisotopic (exact) mass is 154 g/mol. The van der Waals surface area contributed by atoms with Crippen molar-refractivity contribution in [2.75, 3.05) is 0 Å². The Kier molecular flexibility index (Phi) is 2.72. The molecule has 1 fully saturated rings. The zero-order valence-corrected chi connectivity index (χ0v) is 7.67. The van der Waals surface area contributed by atoms with Crippen molar-refractivity contribution < 1.29 is 5.11 Å². The Morgan fingerprint density at radius 2 is 2.27 bits per heavy atom. The lowest BCUT2D eigenvalue weighted by atomic mass is 10.1. The second kappa shape index (κ2) is 3.40. The van der Waals surface area contributed by atoms with Gasteiger partial charge in [-0.15, -0.1) is 0 Å². The summed E-state index contributed by atoms with van der Waals surface area (Å²) in [5.74, 6) is 1.65. The van der Waals surface area contributed by atoms with Gasteiger partial charge in [0.1, 0.15) is 0 Å². The van der Waals surface area contributed by atoms with Crippen LogP contribution >= 0.6 is 0 Å². The zero-order valence-electron chi connectivity index (χ0n) is 7.67. The first kappa shape index (κ1) is 8.79. The molecule has 1 N–H and O–H groups in total. The average Bonchev–Trinajstić information content (AvgIpc) is 2.61. The van der Waals surface area contributed by atoms with Gasteiger partial charge in [0, 0.05) is 0 Å². The number of rotatable bonds is 3. The fraction of sp³-hybridized carbons (Fsp3) is 0.800. The van der Waals surface area contributed by atoms with Gasteiger partial charge >= 0.3 is 0 Å². The molecule has 0 spiro atoms. The highest BCUT2D eigenvalue weighted by Crippen LogP contribution is 2.44. The van der Waals surface area contributed by atoms with Gasteiger partial charge in [-0.2, -0.15) is 0 Å². The fourth-order valence-electron chi connectivity index (χ4n) is 1.65. The molecule has 0 bridgehead atoms. The third-order valence-electron chi connectivity index (χ3n) is 2.45. The highest BCUT2D eigenvalue weighted by molar-refractivity contribution is 5.15. The van der Waals surface area contributed by atoms with E-state index in [-0.39, 0.29) is 6.10 Å². The predicted octanol–water partition coefficient (Wildman–Crippen LogP) is 2.36. The molecular formula is C10H18O. The van der Waals surface area contributed by atoms with Crippen LogP contribution in [-0.4, -0.2) is 11.2 Å². The normalized spacial score (nSPS) is 33.6. The van der Waals surface area contributed by atoms with Crippen LogP contribution in [0.25, 0.3) is 0 Å². The molecule has 11 heavy (non-hydrogen) atoms. The molecule has 1 heteroatoms. The number of aliphatic hydroxyl groups excluding tert-OH is 1. The van der Waals surface area contributed by atoms with E-state index in [9.17, 15) is 0 Å². The van der Waals surface area contributed by atoms with Gasteiger partial charge in [-0.3, -0.25) is 0 Å². The largest absolute Gasteiger partial charge is 0.389 e. The summed E-state index contributed by atoms with van der Waals surface area (Å²) in [6, 6.07) is 0. The van der Waals surface area contributed by atoms with Crippen LogP contribution in [0.2, 0.25) is 0 Å². The second-order valence-electron chi connectivity index (χ2n) is 3.66. The van der Waals surface area contributed by atoms with E-state index in [0.29, 0.717) is 0 Å². The lowest BCUT2D eigenvalue weighted by Crippen LogP contribution is -1.97. The van der Waals surface area contributed by atoms with Crippen molar-refractivity contribution in [3.63, 3.8) is 0 Å². The maximum absolute atomic E-state index is 9.14. The second-order valence-corrected chi connectivity index (χ2v) is 3.66. The molecule has 1 saturated carbocycles. The van der Waals surface area contributed by atoms with Crippen LogP contribution in [-0.2, 0) is 0 Å². The Morgan fingerprint density at radius 1 is 1.73 bits per heavy atom. The van der Waals surface area contributed by atoms with Gasteiger partial charge in [0.05, 0.1) is 6.10 Å². The van der Waals surface area contributed by atoms with Gasteiger partial charge in [-0.25, -0.2) is 0 Å². The van der Waals surface area contributed by atoms with Gasteiger partial charge in [0.2, 0.25) is 0 Å². The Bertz CT molecular complexity index is 158. The van der Waals surface area contributed by atoms with Crippen molar-refractivity contribution in [2.45, 2.75) is 39.7 Å². The van der Waals surface area contributed by atoms with E-state index >= 15 is 0 Å². The van der Waals surface area contributed by atoms with Crippen LogP contribution in [0.15, 0.2) is 11.6 Å². The van der Waals surface area contributed by atoms with Crippen molar-refractivity contribution in [1.29, 1.82) is 0 Å². The SMILES string of the molecule is CC/C(=C\C(C)O)C1CC1C. The summed E-state index contributed by atoms with van der Waals surface area (Å²) >= 11 is 0. The van der Waals surface area contributed by atoms with Gasteiger partial charge in [-0.05, 0) is 31.6 Å². The highest BCUT2D eigenvalue weighted by Gasteiger charge is 2.34. The molecule has 0 amide bonds. The van der Waals surface area contributed by atoms with Gasteiger partial charge in [-0.1, -0.05) is 25.5 Å². The van der Waals surface area contributed by atoms with Crippen LogP contribution in [0.5, 0.6) is 0 Å². The van der Waals surface area contributed by atoms with Crippen LogP contribution < -0.4 is 0 Å². The fourth-order valence-corrected chi connectivity index (χ4v) is 1.65. The van der Waals surface area contributed by atoms with Crippen molar-refractivity contribution in [3.05, 3.63) is 11.6 Å². The van der Waals surface area contributed by atoms with Gasteiger partial charge < -0.3 is 5.11 Å². The van der Waals surface area contributed by atoms with Crippen LogP contribution in [0.3, 0.4) is 0 Å². The van der Waals surface area contributed by atoms with Crippen LogP contribution in [0, 0.1) is 11.8 Å². The van der Waals surface area contributed by atoms with E-state index in [2.05, 4.69) is 13.8 Å². The Labute approximate surface area is 69.1 Å². The maximum Gasteiger partial charge on any atom is 0.0695 e. The van der Waals surface area contributed by atoms with E-state index in [1.54, 1.807) is 0 Å². The summed E-state index contributed by atoms with van der Waals surface area (Å²) in [7, 11) is 0. The van der Waals surface area contributed by atoms with Crippen LogP contribution in [0.4, 0.5) is 0 Å². The number of hydrogen-bond donors (Lipinski definition) is 1. The van der Waals surface area contributed by atoms with Gasteiger partial charge in [0.15, 0.2) is 0 Å². The molecule has 0 heterocycles. The van der Waals surface area contributed by atoms with Crippen molar-refractivity contribution >= 4 is 0 Å². The molecule has 0 aromatic heterocycles. The topological polar surface area (TPSA) is 20.2 Å². The Balaban J connectivity index is 2.49. The third kappa shape index (κ3) is 2.33. The Hall–Kier alpha value is -0.300. The summed E-state index contributed by atoms with van der Waals surface area (Å²) in [4.78, 5) is 0. The molecule has 0 radical (unpaired) electrons. The van der Waals surface area contributed by atoms with Crippen LogP contribution in [0.1, 0.15) is 33.6 Å². The summed E-state index contributed by atoms with van der Waals surface area (Å²) in [6.07, 6.45) is 4.17. The van der Waals surface area contributed by atoms with E-state index < -0.39 is 0 Å². The summed E-state index contributed by atoms with van der Waals surface area (Å²) in [6.45, 7) is 6.26. The van der Waals surface area contributed by atoms with Gasteiger partial charge in [0.25, 0.3) is 0 Å². The average molecular weight is 154 g/mol. The number of hydrogen-bond acceptors (Lipinski definition) is 1. The first-order valence-corrected chi connectivity index (χ1v) is 4.53. The first-order chi connectivity index (χ1) is 5.15. The third-order valence-corrected chi connectivity index (χ3v) is 2.45. The molecule has 0 aliphatic heterocycles. The quantitative estimate of drug-likeness (QED) is 0.619. The van der Waals surface area contributed by atoms with E-state index in [0.717, 1.165) is 18.3 Å². The van der Waals surface area contributed by atoms with E-state index in [4.69, 9.17) is 5.11 Å². The molecule has 64 valence electrons. The molecule has 0 saturated heterocycles. The maximum atomic E-state index is 9.14. The minimum absolute atomic E-state index is 0.266. The van der Waals surface area contributed by atoms with Crippen molar-refractivity contribution in [2.24, 2.45) is 11.8 Å². The molecule has 1 nitrogen and oxygen atoms in total. The van der Waals surface area contributed by atoms with Crippen molar-refractivity contribution in [3.8, 4) is 0 Å². The predicted molar refractivity (Wildman–Crippen MR) is 47.3 cm³/mol. The highest BCUT2D eigenvalue weighted by atomic mass is 16.3.